The number of carbonyl (C=O) groups is 1. The van der Waals surface area contributed by atoms with E-state index in [9.17, 15) is 4.79 Å². The number of hydrogen-bond donors (Lipinski definition) is 2. The summed E-state index contributed by atoms with van der Waals surface area (Å²) in [5.74, 6) is 0.483. The molecule has 0 saturated heterocycles. The summed E-state index contributed by atoms with van der Waals surface area (Å²) in [6.45, 7) is 0.995. The lowest BCUT2D eigenvalue weighted by atomic mass is 10.2. The molecule has 0 atom stereocenters. The van der Waals surface area contributed by atoms with Crippen molar-refractivity contribution in [2.75, 3.05) is 6.61 Å². The Kier molecular flexibility index (Phi) is 4.63. The summed E-state index contributed by atoms with van der Waals surface area (Å²) in [5, 5.41) is 0. The SMILES string of the molecule is NCc1cccc(OCCCC(N)=O)c1. The molecule has 4 N–H and O–H groups in total. The van der Waals surface area contributed by atoms with Gasteiger partial charge in [-0.15, -0.1) is 0 Å². The molecule has 4 heteroatoms. The number of hydrogen-bond acceptors (Lipinski definition) is 3. The van der Waals surface area contributed by atoms with E-state index in [4.69, 9.17) is 16.2 Å². The van der Waals surface area contributed by atoms with Crippen LogP contribution in [-0.4, -0.2) is 12.5 Å². The Balaban J connectivity index is 2.33. The maximum Gasteiger partial charge on any atom is 0.217 e. The molecule has 0 bridgehead atoms. The van der Waals surface area contributed by atoms with Crippen molar-refractivity contribution >= 4 is 5.91 Å². The predicted octanol–water partition coefficient (Wildman–Crippen LogP) is 0.790. The van der Waals surface area contributed by atoms with Crippen molar-refractivity contribution < 1.29 is 9.53 Å². The van der Waals surface area contributed by atoms with E-state index in [2.05, 4.69) is 0 Å². The minimum Gasteiger partial charge on any atom is -0.494 e. The standard InChI is InChI=1S/C11H16N2O2/c12-8-9-3-1-4-10(7-9)15-6-2-5-11(13)14/h1,3-4,7H,2,5-6,8,12H2,(H2,13,14). The average molecular weight is 208 g/mol. The molecule has 4 nitrogen and oxygen atoms in total. The quantitative estimate of drug-likeness (QED) is 0.678. The van der Waals surface area contributed by atoms with E-state index in [0.29, 0.717) is 26.0 Å². The fourth-order valence-corrected chi connectivity index (χ4v) is 1.20. The monoisotopic (exact) mass is 208 g/mol. The van der Waals surface area contributed by atoms with Gasteiger partial charge in [0.15, 0.2) is 0 Å². The molecule has 82 valence electrons. The number of nitrogens with two attached hydrogens (primary N) is 2. The molecule has 0 saturated carbocycles. The van der Waals surface area contributed by atoms with Gasteiger partial charge in [0, 0.05) is 13.0 Å². The summed E-state index contributed by atoms with van der Waals surface area (Å²) in [6, 6.07) is 7.59. The van der Waals surface area contributed by atoms with Crippen LogP contribution in [0, 0.1) is 0 Å². The highest BCUT2D eigenvalue weighted by atomic mass is 16.5. The molecule has 1 aromatic carbocycles. The third kappa shape index (κ3) is 4.46. The zero-order valence-corrected chi connectivity index (χ0v) is 8.61. The summed E-state index contributed by atoms with van der Waals surface area (Å²) in [7, 11) is 0. The van der Waals surface area contributed by atoms with Crippen molar-refractivity contribution in [3.63, 3.8) is 0 Å². The van der Waals surface area contributed by atoms with Gasteiger partial charge < -0.3 is 16.2 Å². The summed E-state index contributed by atoms with van der Waals surface area (Å²) >= 11 is 0. The molecule has 15 heavy (non-hydrogen) atoms. The highest BCUT2D eigenvalue weighted by Gasteiger charge is 1.97. The summed E-state index contributed by atoms with van der Waals surface area (Å²) in [6.07, 6.45) is 0.999. The van der Waals surface area contributed by atoms with Crippen LogP contribution in [0.1, 0.15) is 18.4 Å². The Labute approximate surface area is 89.2 Å². The van der Waals surface area contributed by atoms with Crippen LogP contribution in [0.5, 0.6) is 5.75 Å². The second-order valence-electron chi connectivity index (χ2n) is 3.27. The third-order valence-electron chi connectivity index (χ3n) is 1.97. The van der Waals surface area contributed by atoms with Crippen molar-refractivity contribution in [1.82, 2.24) is 0 Å². The lowest BCUT2D eigenvalue weighted by Crippen LogP contribution is -2.11. The molecule has 0 aliphatic carbocycles. The Hall–Kier alpha value is -1.55. The van der Waals surface area contributed by atoms with Gasteiger partial charge >= 0.3 is 0 Å². The number of primary amides is 1. The van der Waals surface area contributed by atoms with Gasteiger partial charge in [-0.1, -0.05) is 12.1 Å². The smallest absolute Gasteiger partial charge is 0.217 e. The molecule has 0 aliphatic rings. The summed E-state index contributed by atoms with van der Waals surface area (Å²) in [5.41, 5.74) is 11.5. The Morgan fingerprint density at radius 3 is 2.87 bits per heavy atom. The van der Waals surface area contributed by atoms with Crippen molar-refractivity contribution in [2.24, 2.45) is 11.5 Å². The number of amides is 1. The minimum absolute atomic E-state index is 0.297. The van der Waals surface area contributed by atoms with Crippen LogP contribution in [0.2, 0.25) is 0 Å². The molecule has 1 aromatic rings. The van der Waals surface area contributed by atoms with Gasteiger partial charge in [0.05, 0.1) is 6.61 Å². The van der Waals surface area contributed by atoms with E-state index in [1.165, 1.54) is 0 Å². The summed E-state index contributed by atoms with van der Waals surface area (Å²) < 4.78 is 5.44. The lowest BCUT2D eigenvalue weighted by molar-refractivity contribution is -0.118. The van der Waals surface area contributed by atoms with Crippen molar-refractivity contribution in [2.45, 2.75) is 19.4 Å². The van der Waals surface area contributed by atoms with Gasteiger partial charge in [-0.2, -0.15) is 0 Å². The van der Waals surface area contributed by atoms with Gasteiger partial charge in [0.25, 0.3) is 0 Å². The Morgan fingerprint density at radius 1 is 1.40 bits per heavy atom. The number of carbonyl (C=O) groups excluding carboxylic acids is 1. The van der Waals surface area contributed by atoms with E-state index in [1.807, 2.05) is 24.3 Å². The molecule has 0 radical (unpaired) electrons. The average Bonchev–Trinajstić information content (AvgIpc) is 2.24. The fourth-order valence-electron chi connectivity index (χ4n) is 1.20. The minimum atomic E-state index is -0.297. The van der Waals surface area contributed by atoms with Crippen LogP contribution in [0.4, 0.5) is 0 Å². The lowest BCUT2D eigenvalue weighted by Gasteiger charge is -2.06. The van der Waals surface area contributed by atoms with E-state index in [1.54, 1.807) is 0 Å². The van der Waals surface area contributed by atoms with Gasteiger partial charge in [0.1, 0.15) is 5.75 Å². The zero-order chi connectivity index (χ0) is 11.1. The zero-order valence-electron chi connectivity index (χ0n) is 8.61. The first-order valence-corrected chi connectivity index (χ1v) is 4.92. The molecular weight excluding hydrogens is 192 g/mol. The Morgan fingerprint density at radius 2 is 2.20 bits per heavy atom. The maximum absolute atomic E-state index is 10.5. The van der Waals surface area contributed by atoms with Crippen molar-refractivity contribution in [3.8, 4) is 5.75 Å². The highest BCUT2D eigenvalue weighted by Crippen LogP contribution is 2.13. The largest absolute Gasteiger partial charge is 0.494 e. The Bertz CT molecular complexity index is 326. The van der Waals surface area contributed by atoms with Gasteiger partial charge in [-0.3, -0.25) is 4.79 Å². The van der Waals surface area contributed by atoms with Crippen LogP contribution in [0.15, 0.2) is 24.3 Å². The number of benzene rings is 1. The third-order valence-corrected chi connectivity index (χ3v) is 1.97. The van der Waals surface area contributed by atoms with Gasteiger partial charge in [0.2, 0.25) is 5.91 Å². The molecule has 0 heterocycles. The van der Waals surface area contributed by atoms with Crippen molar-refractivity contribution in [3.05, 3.63) is 29.8 Å². The molecule has 0 aliphatic heterocycles. The molecule has 1 rings (SSSR count). The first kappa shape index (κ1) is 11.5. The second kappa shape index (κ2) is 6.03. The molecular formula is C11H16N2O2. The predicted molar refractivity (Wildman–Crippen MR) is 58.3 cm³/mol. The molecule has 1 amide bonds. The van der Waals surface area contributed by atoms with Crippen LogP contribution < -0.4 is 16.2 Å². The van der Waals surface area contributed by atoms with E-state index >= 15 is 0 Å². The number of rotatable bonds is 6. The van der Waals surface area contributed by atoms with Gasteiger partial charge in [-0.05, 0) is 24.1 Å². The van der Waals surface area contributed by atoms with Crippen LogP contribution in [0.3, 0.4) is 0 Å². The van der Waals surface area contributed by atoms with E-state index in [0.717, 1.165) is 11.3 Å². The van der Waals surface area contributed by atoms with Crippen LogP contribution in [-0.2, 0) is 11.3 Å². The van der Waals surface area contributed by atoms with E-state index in [-0.39, 0.29) is 5.91 Å². The van der Waals surface area contributed by atoms with Crippen LogP contribution >= 0.6 is 0 Å². The molecule has 0 aromatic heterocycles. The first-order valence-electron chi connectivity index (χ1n) is 4.92. The van der Waals surface area contributed by atoms with Crippen molar-refractivity contribution in [1.29, 1.82) is 0 Å². The molecule has 0 spiro atoms. The molecule has 0 fully saturated rings. The van der Waals surface area contributed by atoms with Crippen LogP contribution in [0.25, 0.3) is 0 Å². The normalized spacial score (nSPS) is 9.93. The first-order chi connectivity index (χ1) is 7.22. The molecule has 0 unspecified atom stereocenters. The fraction of sp³-hybridized carbons (Fsp3) is 0.364. The maximum atomic E-state index is 10.5. The number of ether oxygens (including phenoxy) is 1. The second-order valence-corrected chi connectivity index (χ2v) is 3.27. The van der Waals surface area contributed by atoms with E-state index < -0.39 is 0 Å². The topological polar surface area (TPSA) is 78.3 Å². The van der Waals surface area contributed by atoms with Gasteiger partial charge in [-0.25, -0.2) is 0 Å². The summed E-state index contributed by atoms with van der Waals surface area (Å²) in [4.78, 5) is 10.5. The highest BCUT2D eigenvalue weighted by molar-refractivity contribution is 5.73.